The smallest absolute Gasteiger partial charge is 0.308 e. The molecule has 2 fully saturated rings. The van der Waals surface area contributed by atoms with Gasteiger partial charge in [0.1, 0.15) is 30.5 Å². The minimum absolute atomic E-state index is 0.0337. The van der Waals surface area contributed by atoms with Crippen LogP contribution in [0.1, 0.15) is 67.2 Å². The predicted octanol–water partition coefficient (Wildman–Crippen LogP) is 2.01. The molecule has 0 radical (unpaired) electrons. The van der Waals surface area contributed by atoms with E-state index in [0.717, 1.165) is 5.57 Å². The molecule has 17 atom stereocenters. The lowest BCUT2D eigenvalue weighted by molar-refractivity contribution is -0.304. The summed E-state index contributed by atoms with van der Waals surface area (Å²) in [5.74, 6) is -2.76. The second kappa shape index (κ2) is 22.3. The Morgan fingerprint density at radius 2 is 1.49 bits per heavy atom. The molecule has 0 amide bonds. The molecular weight excluding hydrogens is 718 g/mol. The molecule has 0 unspecified atom stereocenters. The highest BCUT2D eigenvalue weighted by atomic mass is 16.7. The highest BCUT2D eigenvalue weighted by Crippen LogP contribution is 2.35. The van der Waals surface area contributed by atoms with Crippen LogP contribution in [0.3, 0.4) is 0 Å². The van der Waals surface area contributed by atoms with E-state index < -0.39 is 103 Å². The van der Waals surface area contributed by atoms with Gasteiger partial charge in [-0.15, -0.1) is 0 Å². The number of aliphatic hydroxyl groups is 4. The molecule has 3 heterocycles. The number of carbonyl (C=O) groups is 2. The van der Waals surface area contributed by atoms with Gasteiger partial charge < -0.3 is 63.2 Å². The number of aliphatic hydroxyl groups excluding tert-OH is 4. The van der Waals surface area contributed by atoms with Gasteiger partial charge in [0.15, 0.2) is 18.4 Å². The van der Waals surface area contributed by atoms with Gasteiger partial charge in [0, 0.05) is 45.7 Å². The van der Waals surface area contributed by atoms with Crippen LogP contribution < -0.4 is 0 Å². The number of esters is 1. The second-order valence-electron chi connectivity index (χ2n) is 15.7. The van der Waals surface area contributed by atoms with Crippen molar-refractivity contribution in [1.82, 2.24) is 4.90 Å². The van der Waals surface area contributed by atoms with E-state index in [2.05, 4.69) is 0 Å². The van der Waals surface area contributed by atoms with Crippen molar-refractivity contribution in [3.05, 3.63) is 23.8 Å². The van der Waals surface area contributed by atoms with Crippen LogP contribution in [0, 0.1) is 23.7 Å². The van der Waals surface area contributed by atoms with E-state index in [1.807, 2.05) is 26.8 Å². The zero-order chi connectivity index (χ0) is 41.1. The lowest BCUT2D eigenvalue weighted by Crippen LogP contribution is -2.63. The van der Waals surface area contributed by atoms with Gasteiger partial charge in [0.25, 0.3) is 0 Å². The Labute approximate surface area is 327 Å². The maximum absolute atomic E-state index is 13.6. The minimum Gasteiger partial charge on any atom is -0.462 e. The largest absolute Gasteiger partial charge is 0.462 e. The molecule has 3 aliphatic rings. The Morgan fingerprint density at radius 3 is 2.09 bits per heavy atom. The van der Waals surface area contributed by atoms with Crippen molar-refractivity contribution in [1.29, 1.82) is 0 Å². The molecule has 15 heteroatoms. The summed E-state index contributed by atoms with van der Waals surface area (Å²) in [4.78, 5) is 29.0. The standard InChI is InChI=1S/C40H69NO14/c1-12-30-27(20-51-40-38(50-11)37(49-10)34(46)25(6)53-40)17-21(2)13-14-28(42)22(3)18-26(15-16-48-9)36(23(4)29(43)19-31(44)54-30)55-39-35(47)32(41(7)8)33(45)24(5)52-39/h13-14,17,22-27,29-30,32-40,43,45-47H,12,15-16,18-20H2,1-11H3/b14-13+,21-17+/t22-,23+,24-,25-,26+,27-,29-,30-,32+,33-,34-,35-,36-,37-,38-,39+,40-/m1/s1. The van der Waals surface area contributed by atoms with E-state index in [4.69, 9.17) is 37.9 Å². The van der Waals surface area contributed by atoms with Gasteiger partial charge in [-0.1, -0.05) is 38.5 Å². The Kier molecular flexibility index (Phi) is 19.3. The number of allylic oxidation sites excluding steroid dienone is 3. The van der Waals surface area contributed by atoms with Crippen molar-refractivity contribution in [3.8, 4) is 0 Å². The van der Waals surface area contributed by atoms with Crippen molar-refractivity contribution in [3.63, 3.8) is 0 Å². The number of hydrogen-bond acceptors (Lipinski definition) is 15. The Bertz CT molecular complexity index is 1250. The molecule has 0 saturated carbocycles. The summed E-state index contributed by atoms with van der Waals surface area (Å²) in [7, 11) is 8.03. The third kappa shape index (κ3) is 12.6. The first-order chi connectivity index (χ1) is 26.0. The molecule has 0 aromatic rings. The lowest BCUT2D eigenvalue weighted by Gasteiger charge is -2.46. The van der Waals surface area contributed by atoms with E-state index in [1.54, 1.807) is 53.0 Å². The van der Waals surface area contributed by atoms with Crippen LogP contribution in [0.15, 0.2) is 23.8 Å². The zero-order valence-corrected chi connectivity index (χ0v) is 34.6. The molecule has 3 rings (SSSR count). The molecule has 0 spiro atoms. The fourth-order valence-corrected chi connectivity index (χ4v) is 7.96. The second-order valence-corrected chi connectivity index (χ2v) is 15.7. The summed E-state index contributed by atoms with van der Waals surface area (Å²) >= 11 is 0. The van der Waals surface area contributed by atoms with Crippen molar-refractivity contribution in [2.45, 2.75) is 147 Å². The van der Waals surface area contributed by atoms with Gasteiger partial charge in [0.2, 0.25) is 0 Å². The molecule has 0 aromatic heterocycles. The van der Waals surface area contributed by atoms with Crippen LogP contribution in [-0.4, -0.2) is 165 Å². The average molecular weight is 788 g/mol. The third-order valence-corrected chi connectivity index (χ3v) is 11.4. The van der Waals surface area contributed by atoms with Crippen LogP contribution in [0.4, 0.5) is 0 Å². The Hall–Kier alpha value is -1.86. The summed E-state index contributed by atoms with van der Waals surface area (Å²) in [6.07, 6.45) is -4.68. The van der Waals surface area contributed by atoms with E-state index in [1.165, 1.54) is 20.3 Å². The molecule has 0 aromatic carbocycles. The van der Waals surface area contributed by atoms with Gasteiger partial charge in [-0.3, -0.25) is 9.59 Å². The number of hydrogen-bond donors (Lipinski definition) is 4. The normalized spacial score (nSPS) is 43.1. The summed E-state index contributed by atoms with van der Waals surface area (Å²) < 4.78 is 47.4. The number of likely N-dealkylation sites (N-methyl/N-ethyl adjacent to an activating group) is 1. The number of ketones is 1. The topological polar surface area (TPSA) is 192 Å². The van der Waals surface area contributed by atoms with Gasteiger partial charge in [-0.2, -0.15) is 0 Å². The average Bonchev–Trinajstić information content (AvgIpc) is 3.14. The highest BCUT2D eigenvalue weighted by Gasteiger charge is 2.48. The fraction of sp³-hybridized carbons (Fsp3) is 0.850. The summed E-state index contributed by atoms with van der Waals surface area (Å²) in [6, 6.07) is -0.695. The van der Waals surface area contributed by atoms with Crippen LogP contribution in [0.25, 0.3) is 0 Å². The fourth-order valence-electron chi connectivity index (χ4n) is 7.96. The summed E-state index contributed by atoms with van der Waals surface area (Å²) in [6.45, 7) is 11.1. The van der Waals surface area contributed by atoms with Gasteiger partial charge in [0.05, 0.1) is 49.6 Å². The molecule has 0 aliphatic carbocycles. The van der Waals surface area contributed by atoms with E-state index in [-0.39, 0.29) is 24.7 Å². The number of methoxy groups -OCH3 is 3. The van der Waals surface area contributed by atoms with Gasteiger partial charge in [-0.25, -0.2) is 0 Å². The SMILES string of the molecule is CC[C@H]1OC(=O)C[C@@H](O)[C@H](C)[C@@H](O[C@@H]2O[C@H](C)[C@@H](O)[C@H](N(C)C)[C@H]2O)[C@@H](CCOC)C[C@@H](C)C(=O)/C=C/C(C)=C/[C@@H]1CO[C@@H]1O[C@H](C)[C@@H](O)[C@@H](OC)[C@H]1OC. The molecule has 4 N–H and O–H groups in total. The number of carbonyl (C=O) groups excluding carboxylic acids is 2. The van der Waals surface area contributed by atoms with Gasteiger partial charge in [-0.05, 0) is 66.1 Å². The van der Waals surface area contributed by atoms with E-state index in [9.17, 15) is 30.0 Å². The van der Waals surface area contributed by atoms with Crippen LogP contribution in [0.5, 0.6) is 0 Å². The molecule has 15 nitrogen and oxygen atoms in total. The molecule has 55 heavy (non-hydrogen) atoms. The first kappa shape index (κ1) is 47.5. The maximum atomic E-state index is 13.6. The summed E-state index contributed by atoms with van der Waals surface area (Å²) in [5, 5.41) is 44.5. The van der Waals surface area contributed by atoms with Crippen molar-refractivity contribution < 1.29 is 67.9 Å². The van der Waals surface area contributed by atoms with E-state index >= 15 is 0 Å². The molecular formula is C40H69NO14. The molecule has 0 bridgehead atoms. The monoisotopic (exact) mass is 787 g/mol. The Morgan fingerprint density at radius 1 is 0.855 bits per heavy atom. The van der Waals surface area contributed by atoms with Crippen LogP contribution in [-0.2, 0) is 47.5 Å². The lowest BCUT2D eigenvalue weighted by atomic mass is 9.79. The first-order valence-electron chi connectivity index (χ1n) is 19.6. The molecule has 2 saturated heterocycles. The quantitative estimate of drug-likeness (QED) is 0.210. The van der Waals surface area contributed by atoms with E-state index in [0.29, 0.717) is 25.9 Å². The number of rotatable bonds is 12. The van der Waals surface area contributed by atoms with Gasteiger partial charge >= 0.3 is 5.97 Å². The predicted molar refractivity (Wildman–Crippen MR) is 202 cm³/mol. The highest BCUT2D eigenvalue weighted by molar-refractivity contribution is 5.91. The molecule has 3 aliphatic heterocycles. The first-order valence-corrected chi connectivity index (χ1v) is 19.6. The third-order valence-electron chi connectivity index (χ3n) is 11.4. The van der Waals surface area contributed by atoms with Crippen molar-refractivity contribution in [2.24, 2.45) is 23.7 Å². The van der Waals surface area contributed by atoms with Crippen molar-refractivity contribution >= 4 is 11.8 Å². The Balaban J connectivity index is 1.97. The number of cyclic esters (lactones) is 1. The summed E-state index contributed by atoms with van der Waals surface area (Å²) in [5.41, 5.74) is 0.739. The number of nitrogens with zero attached hydrogens (tertiary/aromatic N) is 1. The minimum atomic E-state index is -1.24. The van der Waals surface area contributed by atoms with Crippen LogP contribution in [0.2, 0.25) is 0 Å². The maximum Gasteiger partial charge on any atom is 0.308 e. The van der Waals surface area contributed by atoms with Crippen molar-refractivity contribution in [2.75, 3.05) is 48.6 Å². The molecule has 318 valence electrons. The van der Waals surface area contributed by atoms with Crippen LogP contribution >= 0.6 is 0 Å². The zero-order valence-electron chi connectivity index (χ0n) is 34.6. The number of ether oxygens (including phenoxy) is 8.